The van der Waals surface area contributed by atoms with Crippen LogP contribution < -0.4 is 5.73 Å². The molecule has 4 heteroatoms. The van der Waals surface area contributed by atoms with Crippen LogP contribution in [0.1, 0.15) is 11.4 Å². The molecule has 0 saturated carbocycles. The molecule has 0 radical (unpaired) electrons. The Hall–Kier alpha value is -1.58. The fourth-order valence-corrected chi connectivity index (χ4v) is 1.42. The lowest BCUT2D eigenvalue weighted by Gasteiger charge is -1.97. The first-order valence-electron chi connectivity index (χ1n) is 3.76. The van der Waals surface area contributed by atoms with Gasteiger partial charge in [-0.05, 0) is 19.9 Å². The number of anilines is 1. The molecule has 0 spiro atoms. The van der Waals surface area contributed by atoms with Crippen molar-refractivity contribution < 1.29 is 0 Å². The van der Waals surface area contributed by atoms with E-state index in [-0.39, 0.29) is 0 Å². The van der Waals surface area contributed by atoms with Crippen molar-refractivity contribution in [2.24, 2.45) is 0 Å². The Morgan fingerprint density at radius 1 is 1.42 bits per heavy atom. The molecule has 0 amide bonds. The van der Waals surface area contributed by atoms with E-state index in [0.717, 1.165) is 22.3 Å². The lowest BCUT2D eigenvalue weighted by atomic mass is 10.2. The number of hydrogen-bond donors (Lipinski definition) is 2. The molecule has 0 aromatic carbocycles. The molecule has 0 aliphatic carbocycles. The molecule has 0 fully saturated rings. The number of hydrogen-bond acceptors (Lipinski definition) is 3. The van der Waals surface area contributed by atoms with Gasteiger partial charge in [0.2, 0.25) is 0 Å². The number of H-pyrrole nitrogens is 1. The molecule has 2 aromatic rings. The van der Waals surface area contributed by atoms with E-state index in [2.05, 4.69) is 15.2 Å². The van der Waals surface area contributed by atoms with Gasteiger partial charge in [0.15, 0.2) is 5.82 Å². The van der Waals surface area contributed by atoms with Gasteiger partial charge in [0.05, 0.1) is 16.6 Å². The molecule has 3 N–H and O–H groups in total. The summed E-state index contributed by atoms with van der Waals surface area (Å²) in [5.41, 5.74) is 8.50. The van der Waals surface area contributed by atoms with Crippen molar-refractivity contribution in [1.82, 2.24) is 15.2 Å². The van der Waals surface area contributed by atoms with E-state index in [1.165, 1.54) is 0 Å². The summed E-state index contributed by atoms with van der Waals surface area (Å²) in [5.74, 6) is 0.523. The van der Waals surface area contributed by atoms with Gasteiger partial charge >= 0.3 is 0 Å². The van der Waals surface area contributed by atoms with Gasteiger partial charge in [-0.25, -0.2) is 0 Å². The lowest BCUT2D eigenvalue weighted by molar-refractivity contribution is 1.12. The second kappa shape index (κ2) is 2.20. The van der Waals surface area contributed by atoms with E-state index in [1.54, 1.807) is 0 Å². The fourth-order valence-electron chi connectivity index (χ4n) is 1.42. The minimum atomic E-state index is 0.523. The normalized spacial score (nSPS) is 10.8. The second-order valence-electron chi connectivity index (χ2n) is 2.88. The summed E-state index contributed by atoms with van der Waals surface area (Å²) in [6.07, 6.45) is 0. The molecule has 0 unspecified atom stereocenters. The van der Waals surface area contributed by atoms with Crippen LogP contribution in [0.3, 0.4) is 0 Å². The predicted octanol–water partition coefficient (Wildman–Crippen LogP) is 1.16. The molecule has 0 atom stereocenters. The van der Waals surface area contributed by atoms with Gasteiger partial charge in [-0.3, -0.25) is 10.1 Å². The fraction of sp³-hybridized carbons (Fsp3) is 0.250. The number of nitrogens with zero attached hydrogens (tertiary/aromatic N) is 2. The molecule has 2 rings (SSSR count). The van der Waals surface area contributed by atoms with Crippen LogP contribution in [0.25, 0.3) is 10.9 Å². The minimum absolute atomic E-state index is 0.523. The van der Waals surface area contributed by atoms with Crippen LogP contribution >= 0.6 is 0 Å². The largest absolute Gasteiger partial charge is 0.382 e. The highest BCUT2D eigenvalue weighted by Gasteiger charge is 2.05. The molecule has 0 bridgehead atoms. The molecular weight excluding hydrogens is 152 g/mol. The summed E-state index contributed by atoms with van der Waals surface area (Å²) >= 11 is 0. The predicted molar refractivity (Wildman–Crippen MR) is 47.8 cm³/mol. The van der Waals surface area contributed by atoms with Crippen LogP contribution in [0.15, 0.2) is 6.07 Å². The van der Waals surface area contributed by atoms with Crippen molar-refractivity contribution in [2.45, 2.75) is 13.8 Å². The van der Waals surface area contributed by atoms with E-state index in [1.807, 2.05) is 19.9 Å². The number of aromatic amines is 1. The molecule has 2 heterocycles. The molecule has 62 valence electrons. The van der Waals surface area contributed by atoms with Gasteiger partial charge in [-0.2, -0.15) is 5.10 Å². The number of fused-ring (bicyclic) bond motifs is 1. The average Bonchev–Trinajstić information content (AvgIpc) is 2.31. The topological polar surface area (TPSA) is 67.6 Å². The standard InChI is InChI=1S/C8H10N4/c1-4-3-6-7(5(2)10-4)8(9)12-11-6/h3H,1-2H3,(H3,9,11,12). The third-order valence-corrected chi connectivity index (χ3v) is 1.88. The zero-order chi connectivity index (χ0) is 8.72. The Bertz CT molecular complexity index is 430. The highest BCUT2D eigenvalue weighted by molar-refractivity contribution is 5.90. The van der Waals surface area contributed by atoms with Crippen molar-refractivity contribution in [3.8, 4) is 0 Å². The summed E-state index contributed by atoms with van der Waals surface area (Å²) in [6.45, 7) is 3.88. The summed E-state index contributed by atoms with van der Waals surface area (Å²) in [5, 5.41) is 7.70. The highest BCUT2D eigenvalue weighted by atomic mass is 15.2. The van der Waals surface area contributed by atoms with Gasteiger partial charge in [0.1, 0.15) is 0 Å². The summed E-state index contributed by atoms with van der Waals surface area (Å²) in [6, 6.07) is 1.94. The molecule has 12 heavy (non-hydrogen) atoms. The van der Waals surface area contributed by atoms with E-state index in [4.69, 9.17) is 5.73 Å². The highest BCUT2D eigenvalue weighted by Crippen LogP contribution is 2.20. The zero-order valence-electron chi connectivity index (χ0n) is 7.05. The van der Waals surface area contributed by atoms with E-state index >= 15 is 0 Å². The van der Waals surface area contributed by atoms with Crippen LogP contribution in [0.5, 0.6) is 0 Å². The third-order valence-electron chi connectivity index (χ3n) is 1.88. The number of nitrogen functional groups attached to an aromatic ring is 1. The first-order valence-corrected chi connectivity index (χ1v) is 3.76. The Morgan fingerprint density at radius 2 is 2.17 bits per heavy atom. The third kappa shape index (κ3) is 0.845. The quantitative estimate of drug-likeness (QED) is 0.610. The van der Waals surface area contributed by atoms with Crippen LogP contribution in [-0.2, 0) is 0 Å². The van der Waals surface area contributed by atoms with Crippen molar-refractivity contribution >= 4 is 16.7 Å². The molecule has 0 aliphatic heterocycles. The maximum absolute atomic E-state index is 5.64. The summed E-state index contributed by atoms with van der Waals surface area (Å²) in [4.78, 5) is 4.29. The van der Waals surface area contributed by atoms with Gasteiger partial charge in [0, 0.05) is 5.69 Å². The smallest absolute Gasteiger partial charge is 0.154 e. The Balaban J connectivity index is 2.93. The first kappa shape index (κ1) is 7.09. The lowest BCUT2D eigenvalue weighted by Crippen LogP contribution is -1.89. The SMILES string of the molecule is Cc1cc2[nH]nc(N)c2c(C)n1. The van der Waals surface area contributed by atoms with Crippen molar-refractivity contribution in [3.63, 3.8) is 0 Å². The molecule has 2 aromatic heterocycles. The van der Waals surface area contributed by atoms with Gasteiger partial charge < -0.3 is 5.73 Å². The second-order valence-corrected chi connectivity index (χ2v) is 2.88. The Kier molecular flexibility index (Phi) is 1.30. The maximum atomic E-state index is 5.64. The number of aromatic nitrogens is 3. The molecular formula is C8H10N4. The molecule has 4 nitrogen and oxygen atoms in total. The van der Waals surface area contributed by atoms with Crippen LogP contribution in [0.4, 0.5) is 5.82 Å². The number of nitrogens with two attached hydrogens (primary N) is 1. The summed E-state index contributed by atoms with van der Waals surface area (Å²) < 4.78 is 0. The van der Waals surface area contributed by atoms with Crippen LogP contribution in [0, 0.1) is 13.8 Å². The Labute approximate surface area is 69.8 Å². The van der Waals surface area contributed by atoms with Crippen molar-refractivity contribution in [2.75, 3.05) is 5.73 Å². The number of rotatable bonds is 0. The van der Waals surface area contributed by atoms with Crippen molar-refractivity contribution in [1.29, 1.82) is 0 Å². The monoisotopic (exact) mass is 162 g/mol. The minimum Gasteiger partial charge on any atom is -0.382 e. The zero-order valence-corrected chi connectivity index (χ0v) is 7.05. The van der Waals surface area contributed by atoms with E-state index < -0.39 is 0 Å². The van der Waals surface area contributed by atoms with E-state index in [9.17, 15) is 0 Å². The van der Waals surface area contributed by atoms with E-state index in [0.29, 0.717) is 5.82 Å². The number of aryl methyl sites for hydroxylation is 2. The molecule has 0 saturated heterocycles. The van der Waals surface area contributed by atoms with Crippen LogP contribution in [-0.4, -0.2) is 15.2 Å². The van der Waals surface area contributed by atoms with Gasteiger partial charge in [0.25, 0.3) is 0 Å². The summed E-state index contributed by atoms with van der Waals surface area (Å²) in [7, 11) is 0. The first-order chi connectivity index (χ1) is 5.68. The van der Waals surface area contributed by atoms with Gasteiger partial charge in [-0.15, -0.1) is 0 Å². The number of nitrogens with one attached hydrogen (secondary N) is 1. The Morgan fingerprint density at radius 3 is 2.92 bits per heavy atom. The van der Waals surface area contributed by atoms with Crippen molar-refractivity contribution in [3.05, 3.63) is 17.5 Å². The van der Waals surface area contributed by atoms with Gasteiger partial charge in [-0.1, -0.05) is 0 Å². The van der Waals surface area contributed by atoms with Crippen LogP contribution in [0.2, 0.25) is 0 Å². The maximum Gasteiger partial charge on any atom is 0.154 e. The average molecular weight is 162 g/mol. The molecule has 0 aliphatic rings. The number of pyridine rings is 1.